The molecular formula is C62H59BN2OS2. The summed E-state index contributed by atoms with van der Waals surface area (Å²) in [5.41, 5.74) is 21.8. The predicted molar refractivity (Wildman–Crippen MR) is 297 cm³/mol. The van der Waals surface area contributed by atoms with Gasteiger partial charge in [-0.1, -0.05) is 114 Å². The summed E-state index contributed by atoms with van der Waals surface area (Å²) in [6, 6.07) is 50.5. The van der Waals surface area contributed by atoms with Gasteiger partial charge in [-0.05, 0) is 190 Å². The quantitative estimate of drug-likeness (QED) is 0.155. The average Bonchev–Trinajstić information content (AvgIpc) is 3.93. The highest BCUT2D eigenvalue weighted by Crippen LogP contribution is 2.49. The van der Waals surface area contributed by atoms with Gasteiger partial charge in [-0.15, -0.1) is 22.7 Å². The maximum atomic E-state index is 7.45. The van der Waals surface area contributed by atoms with E-state index in [2.05, 4.69) is 233 Å². The Bertz CT molecular complexity index is 3440. The van der Waals surface area contributed by atoms with Crippen LogP contribution in [0, 0.1) is 41.5 Å². The standard InChI is InChI=1S/C62H59BN2OS2/c1-36-25-50-58-51(26-36)65(60-40(5)30-47(31-41(60)6)62(10,11)12)49-32-44(55-33-42-17-13-15-19-53(42)67-55)21-23-48(49)63(58)57(66-52-24-22-46(29-37(52)2)61(7,8)9)35-64(50)59-38(3)27-45(28-39(59)4)56-34-43-18-14-16-20-54(43)68-56/h13-35H,1-12H3. The Labute approximate surface area is 411 Å². The van der Waals surface area contributed by atoms with Crippen molar-refractivity contribution in [3.8, 4) is 26.6 Å². The SMILES string of the molecule is Cc1cc2c3c(c1)N(c1c(C)cc(C(C)(C)C)cc1C)c1cc(-c4cc5ccccc5s4)ccc1B3C(Oc1ccc(C(C)(C)C)cc1C)=CN2c1c(C)cc(-c2cc3ccccc3s2)cc1C. The third-order valence-corrected chi connectivity index (χ3v) is 16.5. The molecule has 0 bridgehead atoms. The van der Waals surface area contributed by atoms with Gasteiger partial charge in [0.25, 0.3) is 6.71 Å². The van der Waals surface area contributed by atoms with E-state index in [4.69, 9.17) is 4.74 Å². The van der Waals surface area contributed by atoms with Crippen LogP contribution in [0.4, 0.5) is 28.4 Å². The molecule has 0 N–H and O–H groups in total. The Morgan fingerprint density at radius 2 is 1.04 bits per heavy atom. The molecule has 2 aliphatic heterocycles. The Kier molecular flexibility index (Phi) is 10.5. The van der Waals surface area contributed by atoms with Gasteiger partial charge in [-0.2, -0.15) is 0 Å². The minimum Gasteiger partial charge on any atom is -0.469 e. The molecule has 0 unspecified atom stereocenters. The first-order chi connectivity index (χ1) is 32.4. The van der Waals surface area contributed by atoms with E-state index in [-0.39, 0.29) is 17.5 Å². The zero-order valence-corrected chi connectivity index (χ0v) is 43.1. The third-order valence-electron chi connectivity index (χ3n) is 14.2. The Morgan fingerprint density at radius 3 is 1.63 bits per heavy atom. The van der Waals surface area contributed by atoms with Gasteiger partial charge in [-0.25, -0.2) is 0 Å². The van der Waals surface area contributed by atoms with Gasteiger partial charge >= 0.3 is 0 Å². The van der Waals surface area contributed by atoms with E-state index in [1.807, 2.05) is 22.7 Å². The van der Waals surface area contributed by atoms with E-state index < -0.39 is 0 Å². The van der Waals surface area contributed by atoms with Crippen LogP contribution in [0.1, 0.15) is 86.1 Å². The van der Waals surface area contributed by atoms with Crippen LogP contribution in [0.15, 0.2) is 145 Å². The molecule has 0 atom stereocenters. The molecule has 0 amide bonds. The van der Waals surface area contributed by atoms with E-state index >= 15 is 0 Å². The van der Waals surface area contributed by atoms with Crippen LogP contribution in [-0.4, -0.2) is 6.71 Å². The van der Waals surface area contributed by atoms with Gasteiger partial charge in [0.05, 0.1) is 17.0 Å². The van der Waals surface area contributed by atoms with Gasteiger partial charge in [0.1, 0.15) is 5.75 Å². The smallest absolute Gasteiger partial charge is 0.296 e. The third kappa shape index (κ3) is 7.48. The summed E-state index contributed by atoms with van der Waals surface area (Å²) in [6.45, 7) is 27.2. The summed E-state index contributed by atoms with van der Waals surface area (Å²) in [5.74, 6) is 0.880. The molecule has 6 heteroatoms. The molecule has 2 aromatic heterocycles. The minimum absolute atomic E-state index is 0.0127. The molecular weight excluding hydrogens is 864 g/mol. The number of ether oxygens (including phenoxy) is 1. The average molecular weight is 923 g/mol. The maximum Gasteiger partial charge on any atom is 0.296 e. The number of hydrogen-bond donors (Lipinski definition) is 0. The molecule has 4 heterocycles. The van der Waals surface area contributed by atoms with Gasteiger partial charge in [0, 0.05) is 42.4 Å². The fraction of sp³-hybridized carbons (Fsp3) is 0.226. The van der Waals surface area contributed by atoms with E-state index in [9.17, 15) is 0 Å². The van der Waals surface area contributed by atoms with Crippen molar-refractivity contribution < 1.29 is 4.74 Å². The number of rotatable bonds is 6. The number of hydrogen-bond acceptors (Lipinski definition) is 5. The molecule has 338 valence electrons. The van der Waals surface area contributed by atoms with Crippen molar-refractivity contribution >= 4 is 88.9 Å². The summed E-state index contributed by atoms with van der Waals surface area (Å²) in [6.07, 6.45) is 2.32. The van der Waals surface area contributed by atoms with Crippen LogP contribution in [0.3, 0.4) is 0 Å². The Morgan fingerprint density at radius 1 is 0.485 bits per heavy atom. The molecule has 2 aliphatic rings. The van der Waals surface area contributed by atoms with Crippen molar-refractivity contribution in [3.63, 3.8) is 0 Å². The number of thiophene rings is 2. The minimum atomic E-state index is -0.172. The highest BCUT2D eigenvalue weighted by molar-refractivity contribution is 7.22. The second-order valence-corrected chi connectivity index (χ2v) is 23.6. The molecule has 11 rings (SSSR count). The van der Waals surface area contributed by atoms with Crippen molar-refractivity contribution in [2.75, 3.05) is 9.80 Å². The summed E-state index contributed by atoms with van der Waals surface area (Å²) in [5, 5.41) is 2.56. The van der Waals surface area contributed by atoms with E-state index in [1.54, 1.807) is 0 Å². The second-order valence-electron chi connectivity index (χ2n) is 21.5. The van der Waals surface area contributed by atoms with Crippen LogP contribution in [0.2, 0.25) is 0 Å². The lowest BCUT2D eigenvalue weighted by atomic mass is 9.36. The van der Waals surface area contributed by atoms with Gasteiger partial charge in [0.15, 0.2) is 0 Å². The molecule has 0 aliphatic carbocycles. The van der Waals surface area contributed by atoms with Crippen LogP contribution in [-0.2, 0) is 10.8 Å². The van der Waals surface area contributed by atoms with Crippen molar-refractivity contribution in [1.82, 2.24) is 0 Å². The summed E-state index contributed by atoms with van der Waals surface area (Å²) in [7, 11) is 0. The first-order valence-electron chi connectivity index (χ1n) is 24.0. The van der Waals surface area contributed by atoms with Crippen molar-refractivity contribution in [2.24, 2.45) is 0 Å². The number of anilines is 5. The van der Waals surface area contributed by atoms with E-state index in [1.165, 1.54) is 119 Å². The number of nitrogens with zero attached hydrogens (tertiary/aromatic N) is 2. The van der Waals surface area contributed by atoms with E-state index in [0.717, 1.165) is 17.0 Å². The number of benzene rings is 7. The zero-order chi connectivity index (χ0) is 47.6. The first-order valence-corrected chi connectivity index (χ1v) is 25.6. The summed E-state index contributed by atoms with van der Waals surface area (Å²) in [4.78, 5) is 7.60. The Balaban J connectivity index is 1.17. The van der Waals surface area contributed by atoms with Crippen LogP contribution >= 0.6 is 22.7 Å². The number of fused-ring (bicyclic) bond motifs is 4. The second kappa shape index (κ2) is 16.1. The lowest BCUT2D eigenvalue weighted by Gasteiger charge is -2.44. The lowest BCUT2D eigenvalue weighted by Crippen LogP contribution is -2.56. The highest BCUT2D eigenvalue weighted by Gasteiger charge is 2.45. The Hall–Kier alpha value is -6.34. The lowest BCUT2D eigenvalue weighted by molar-refractivity contribution is 0.452. The maximum absolute atomic E-state index is 7.45. The summed E-state index contributed by atoms with van der Waals surface area (Å²) >= 11 is 3.73. The molecule has 0 radical (unpaired) electrons. The molecule has 68 heavy (non-hydrogen) atoms. The fourth-order valence-corrected chi connectivity index (χ4v) is 12.9. The molecule has 0 spiro atoms. The van der Waals surface area contributed by atoms with E-state index in [0.29, 0.717) is 0 Å². The molecule has 0 fully saturated rings. The molecule has 9 aromatic rings. The first kappa shape index (κ1) is 44.2. The fourth-order valence-electron chi connectivity index (χ4n) is 10.8. The monoisotopic (exact) mass is 922 g/mol. The number of aryl methyl sites for hydroxylation is 6. The highest BCUT2D eigenvalue weighted by atomic mass is 32.1. The molecule has 0 saturated carbocycles. The molecule has 0 saturated heterocycles. The molecule has 3 nitrogen and oxygen atoms in total. The van der Waals surface area contributed by atoms with Gasteiger partial charge in [0.2, 0.25) is 0 Å². The zero-order valence-electron chi connectivity index (χ0n) is 41.5. The van der Waals surface area contributed by atoms with Crippen LogP contribution < -0.4 is 25.5 Å². The largest absolute Gasteiger partial charge is 0.469 e. The van der Waals surface area contributed by atoms with Crippen molar-refractivity contribution in [2.45, 2.75) is 93.9 Å². The summed E-state index contributed by atoms with van der Waals surface area (Å²) < 4.78 is 10.1. The van der Waals surface area contributed by atoms with Crippen molar-refractivity contribution in [3.05, 3.63) is 190 Å². The van der Waals surface area contributed by atoms with Crippen LogP contribution in [0.5, 0.6) is 5.75 Å². The normalized spacial score (nSPS) is 13.6. The predicted octanol–water partition coefficient (Wildman–Crippen LogP) is 16.9. The van der Waals surface area contributed by atoms with Gasteiger partial charge < -0.3 is 14.5 Å². The van der Waals surface area contributed by atoms with Crippen LogP contribution in [0.25, 0.3) is 41.1 Å². The molecule has 7 aromatic carbocycles. The topological polar surface area (TPSA) is 15.7 Å². The van der Waals surface area contributed by atoms with Gasteiger partial charge in [-0.3, -0.25) is 0 Å². The van der Waals surface area contributed by atoms with Crippen molar-refractivity contribution in [1.29, 1.82) is 0 Å².